The van der Waals surface area contributed by atoms with Crippen molar-refractivity contribution in [1.82, 2.24) is 10.3 Å². The number of benzene rings is 1. The largest absolute Gasteiger partial charge is 0.302 e. The van der Waals surface area contributed by atoms with Gasteiger partial charge in [-0.3, -0.25) is 0 Å². The van der Waals surface area contributed by atoms with Crippen molar-refractivity contribution in [3.05, 3.63) is 51.0 Å². The lowest BCUT2D eigenvalue weighted by atomic mass is 9.85. The molecule has 0 aliphatic heterocycles. The predicted molar refractivity (Wildman–Crippen MR) is 89.8 cm³/mol. The summed E-state index contributed by atoms with van der Waals surface area (Å²) < 4.78 is 0. The van der Waals surface area contributed by atoms with Gasteiger partial charge in [-0.1, -0.05) is 38.1 Å². The van der Waals surface area contributed by atoms with Crippen LogP contribution in [0.4, 0.5) is 0 Å². The molecule has 1 aromatic carbocycles. The van der Waals surface area contributed by atoms with Crippen molar-refractivity contribution in [1.29, 1.82) is 0 Å². The minimum atomic E-state index is 0.256. The zero-order valence-electron chi connectivity index (χ0n) is 13.5. The van der Waals surface area contributed by atoms with Crippen LogP contribution >= 0.6 is 11.3 Å². The topological polar surface area (TPSA) is 24.9 Å². The molecule has 1 aliphatic rings. The number of hydrogen-bond donors (Lipinski definition) is 1. The highest BCUT2D eigenvalue weighted by Crippen LogP contribution is 2.46. The maximum absolute atomic E-state index is 4.57. The van der Waals surface area contributed by atoms with Crippen LogP contribution in [0.5, 0.6) is 0 Å². The average molecular weight is 300 g/mol. The van der Waals surface area contributed by atoms with E-state index in [-0.39, 0.29) is 5.41 Å². The first-order valence-corrected chi connectivity index (χ1v) is 8.48. The van der Waals surface area contributed by atoms with Crippen LogP contribution in [0.1, 0.15) is 59.6 Å². The summed E-state index contributed by atoms with van der Waals surface area (Å²) in [5, 5.41) is 5.02. The molecule has 1 aromatic heterocycles. The third kappa shape index (κ3) is 2.65. The van der Waals surface area contributed by atoms with Gasteiger partial charge in [0.1, 0.15) is 0 Å². The highest BCUT2D eigenvalue weighted by molar-refractivity contribution is 7.11. The van der Waals surface area contributed by atoms with Crippen LogP contribution in [0, 0.1) is 19.3 Å². The van der Waals surface area contributed by atoms with Gasteiger partial charge in [-0.2, -0.15) is 0 Å². The first-order chi connectivity index (χ1) is 9.88. The molecule has 0 amide bonds. The van der Waals surface area contributed by atoms with Crippen LogP contribution < -0.4 is 5.32 Å². The molecule has 2 atom stereocenters. The van der Waals surface area contributed by atoms with Crippen molar-refractivity contribution in [2.24, 2.45) is 5.41 Å². The first kappa shape index (κ1) is 14.7. The fourth-order valence-electron chi connectivity index (χ4n) is 3.58. The first-order valence-electron chi connectivity index (χ1n) is 7.66. The second-order valence-corrected chi connectivity index (χ2v) is 8.10. The number of hydrogen-bond acceptors (Lipinski definition) is 3. The number of aryl methyl sites for hydroxylation is 2. The molecule has 2 nitrogen and oxygen atoms in total. The number of fused-ring (bicyclic) bond motifs is 1. The van der Waals surface area contributed by atoms with Gasteiger partial charge in [-0.25, -0.2) is 4.98 Å². The smallest absolute Gasteiger partial charge is 0.0900 e. The summed E-state index contributed by atoms with van der Waals surface area (Å²) in [6.45, 7) is 11.2. The molecule has 0 spiro atoms. The predicted octanol–water partition coefficient (Wildman–Crippen LogP) is 4.73. The lowest BCUT2D eigenvalue weighted by molar-refractivity contribution is 0.253. The van der Waals surface area contributed by atoms with Crippen molar-refractivity contribution in [2.75, 3.05) is 0 Å². The van der Waals surface area contributed by atoms with E-state index in [0.717, 1.165) is 11.4 Å². The van der Waals surface area contributed by atoms with Crippen LogP contribution in [0.3, 0.4) is 0 Å². The van der Waals surface area contributed by atoms with Crippen molar-refractivity contribution >= 4 is 11.3 Å². The number of rotatable bonds is 3. The summed E-state index contributed by atoms with van der Waals surface area (Å²) in [4.78, 5) is 5.93. The minimum absolute atomic E-state index is 0.256. The number of aromatic nitrogens is 1. The molecule has 112 valence electrons. The Hall–Kier alpha value is -1.19. The summed E-state index contributed by atoms with van der Waals surface area (Å²) in [6, 6.07) is 9.60. The lowest BCUT2D eigenvalue weighted by Gasteiger charge is -2.31. The van der Waals surface area contributed by atoms with E-state index in [1.807, 2.05) is 11.3 Å². The summed E-state index contributed by atoms with van der Waals surface area (Å²) >= 11 is 1.81. The van der Waals surface area contributed by atoms with Gasteiger partial charge in [0.25, 0.3) is 0 Å². The van der Waals surface area contributed by atoms with E-state index in [2.05, 4.69) is 69.2 Å². The maximum atomic E-state index is 4.57. The molecule has 21 heavy (non-hydrogen) atoms. The fourth-order valence-corrected chi connectivity index (χ4v) is 4.52. The van der Waals surface area contributed by atoms with Gasteiger partial charge < -0.3 is 5.32 Å². The molecule has 3 rings (SSSR count). The zero-order chi connectivity index (χ0) is 15.2. The lowest BCUT2D eigenvalue weighted by Crippen LogP contribution is -2.33. The van der Waals surface area contributed by atoms with Gasteiger partial charge >= 0.3 is 0 Å². The SMILES string of the molecule is Cc1nc(C)c(C(C)NC2c3ccccc3CC2(C)C)s1. The van der Waals surface area contributed by atoms with E-state index in [4.69, 9.17) is 0 Å². The van der Waals surface area contributed by atoms with Crippen LogP contribution in [-0.4, -0.2) is 4.98 Å². The van der Waals surface area contributed by atoms with Crippen LogP contribution in [0.2, 0.25) is 0 Å². The molecule has 0 saturated carbocycles. The summed E-state index contributed by atoms with van der Waals surface area (Å²) in [7, 11) is 0. The standard InChI is InChI=1S/C18H24N2S/c1-11-16(21-13(3)19-11)12(2)20-17-15-9-7-6-8-14(15)10-18(17,4)5/h6-9,12,17,20H,10H2,1-5H3. The van der Waals surface area contributed by atoms with E-state index in [1.54, 1.807) is 0 Å². The molecule has 3 heteroatoms. The van der Waals surface area contributed by atoms with Gasteiger partial charge in [-0.05, 0) is 43.7 Å². The van der Waals surface area contributed by atoms with E-state index < -0.39 is 0 Å². The van der Waals surface area contributed by atoms with Crippen molar-refractivity contribution in [2.45, 2.75) is 53.1 Å². The second-order valence-electron chi connectivity index (χ2n) is 6.87. The van der Waals surface area contributed by atoms with Crippen LogP contribution in [-0.2, 0) is 6.42 Å². The van der Waals surface area contributed by atoms with Crippen molar-refractivity contribution in [3.63, 3.8) is 0 Å². The van der Waals surface area contributed by atoms with E-state index in [9.17, 15) is 0 Å². The Morgan fingerprint density at radius 3 is 2.67 bits per heavy atom. The third-order valence-electron chi connectivity index (χ3n) is 4.54. The van der Waals surface area contributed by atoms with Crippen molar-refractivity contribution in [3.8, 4) is 0 Å². The zero-order valence-corrected chi connectivity index (χ0v) is 14.3. The van der Waals surface area contributed by atoms with Crippen molar-refractivity contribution < 1.29 is 0 Å². The van der Waals surface area contributed by atoms with Gasteiger partial charge in [0.05, 0.1) is 10.7 Å². The normalized spacial score (nSPS) is 21.3. The van der Waals surface area contributed by atoms with Gasteiger partial charge in [0.15, 0.2) is 0 Å². The number of nitrogens with zero attached hydrogens (tertiary/aromatic N) is 1. The Bertz CT molecular complexity index is 657. The number of nitrogens with one attached hydrogen (secondary N) is 1. The Morgan fingerprint density at radius 1 is 1.29 bits per heavy atom. The molecular weight excluding hydrogens is 276 g/mol. The Morgan fingerprint density at radius 2 is 2.00 bits per heavy atom. The number of thiazole rings is 1. The van der Waals surface area contributed by atoms with E-state index in [1.165, 1.54) is 21.7 Å². The molecule has 2 aromatic rings. The summed E-state index contributed by atoms with van der Waals surface area (Å²) in [5.41, 5.74) is 4.38. The van der Waals surface area contributed by atoms with Gasteiger partial charge in [0, 0.05) is 17.0 Å². The monoisotopic (exact) mass is 300 g/mol. The Balaban J connectivity index is 1.88. The van der Waals surface area contributed by atoms with Gasteiger partial charge in [0.2, 0.25) is 0 Å². The molecule has 1 aliphatic carbocycles. The molecule has 0 saturated heterocycles. The third-order valence-corrected chi connectivity index (χ3v) is 5.80. The highest BCUT2D eigenvalue weighted by atomic mass is 32.1. The quantitative estimate of drug-likeness (QED) is 0.886. The van der Waals surface area contributed by atoms with Gasteiger partial charge in [-0.15, -0.1) is 11.3 Å². The summed E-state index contributed by atoms with van der Waals surface area (Å²) in [6.07, 6.45) is 1.15. The summed E-state index contributed by atoms with van der Waals surface area (Å²) in [5.74, 6) is 0. The molecule has 0 radical (unpaired) electrons. The fraction of sp³-hybridized carbons (Fsp3) is 0.500. The molecule has 0 bridgehead atoms. The maximum Gasteiger partial charge on any atom is 0.0900 e. The van der Waals surface area contributed by atoms with E-state index in [0.29, 0.717) is 12.1 Å². The van der Waals surface area contributed by atoms with Crippen LogP contribution in [0.15, 0.2) is 24.3 Å². The molecule has 2 unspecified atom stereocenters. The Kier molecular flexibility index (Phi) is 3.66. The van der Waals surface area contributed by atoms with E-state index >= 15 is 0 Å². The highest BCUT2D eigenvalue weighted by Gasteiger charge is 2.39. The molecule has 0 fully saturated rings. The second kappa shape index (κ2) is 5.22. The Labute approximate surface area is 131 Å². The molecule has 1 N–H and O–H groups in total. The molecular formula is C18H24N2S. The molecule has 1 heterocycles. The van der Waals surface area contributed by atoms with Crippen LogP contribution in [0.25, 0.3) is 0 Å². The minimum Gasteiger partial charge on any atom is -0.302 e. The average Bonchev–Trinajstić information content (AvgIpc) is 2.87.